The summed E-state index contributed by atoms with van der Waals surface area (Å²) in [4.78, 5) is 17.4. The van der Waals surface area contributed by atoms with E-state index in [9.17, 15) is 4.79 Å². The summed E-state index contributed by atoms with van der Waals surface area (Å²) >= 11 is 1.55. The zero-order valence-electron chi connectivity index (χ0n) is 16.1. The summed E-state index contributed by atoms with van der Waals surface area (Å²) in [5.41, 5.74) is 3.08. The molecule has 0 fully saturated rings. The number of amides is 1. The number of hydrogen-bond acceptors (Lipinski definition) is 6. The van der Waals surface area contributed by atoms with Crippen LogP contribution in [0.25, 0.3) is 10.9 Å². The molecule has 1 unspecified atom stereocenters. The van der Waals surface area contributed by atoms with Gasteiger partial charge in [0.2, 0.25) is 0 Å². The van der Waals surface area contributed by atoms with E-state index in [1.54, 1.807) is 29.8 Å². The van der Waals surface area contributed by atoms with Crippen LogP contribution in [-0.4, -0.2) is 31.9 Å². The van der Waals surface area contributed by atoms with E-state index in [4.69, 9.17) is 5.26 Å². The number of nitriles is 1. The fraction of sp³-hybridized carbons (Fsp3) is 0.286. The number of nitrogens with zero attached hydrogens (tertiary/aromatic N) is 6. The Morgan fingerprint density at radius 1 is 1.45 bits per heavy atom. The van der Waals surface area contributed by atoms with Crippen molar-refractivity contribution in [3.8, 4) is 6.07 Å². The summed E-state index contributed by atoms with van der Waals surface area (Å²) in [5.74, 6) is -0.152. The van der Waals surface area contributed by atoms with Crippen molar-refractivity contribution in [2.75, 3.05) is 0 Å². The zero-order chi connectivity index (χ0) is 20.4. The Hall–Kier alpha value is -3.31. The highest BCUT2D eigenvalue weighted by Gasteiger charge is 2.31. The second-order valence-corrected chi connectivity index (χ2v) is 7.88. The van der Waals surface area contributed by atoms with Gasteiger partial charge in [0.25, 0.3) is 5.91 Å². The van der Waals surface area contributed by atoms with Crippen LogP contribution in [0, 0.1) is 18.3 Å². The van der Waals surface area contributed by atoms with Crippen LogP contribution in [0.2, 0.25) is 0 Å². The number of fused-ring (bicyclic) bond motifs is 1. The molecule has 8 heteroatoms. The molecule has 1 aliphatic rings. The Morgan fingerprint density at radius 3 is 3.07 bits per heavy atom. The van der Waals surface area contributed by atoms with Crippen molar-refractivity contribution in [3.05, 3.63) is 58.2 Å². The van der Waals surface area contributed by atoms with Crippen LogP contribution < -0.4 is 0 Å². The summed E-state index contributed by atoms with van der Waals surface area (Å²) in [6, 6.07) is 7.52. The number of aromatic nitrogens is 3. The maximum atomic E-state index is 12.8. The number of carbonyl (C=O) groups is 1. The van der Waals surface area contributed by atoms with Crippen molar-refractivity contribution in [2.45, 2.75) is 38.8 Å². The molecule has 1 atom stereocenters. The Balaban J connectivity index is 1.37. The van der Waals surface area contributed by atoms with Gasteiger partial charge in [-0.3, -0.25) is 9.48 Å². The number of hydrogen-bond donors (Lipinski definition) is 0. The molecule has 4 rings (SSSR count). The minimum atomic E-state index is -0.152. The van der Waals surface area contributed by atoms with Crippen LogP contribution in [0.5, 0.6) is 0 Å². The van der Waals surface area contributed by atoms with Crippen LogP contribution in [0.1, 0.15) is 41.6 Å². The van der Waals surface area contributed by atoms with Gasteiger partial charge in [0.05, 0.1) is 23.3 Å². The monoisotopic (exact) mass is 404 g/mol. The first-order chi connectivity index (χ1) is 14.1. The van der Waals surface area contributed by atoms with E-state index in [2.05, 4.69) is 27.8 Å². The molecule has 0 radical (unpaired) electrons. The van der Waals surface area contributed by atoms with Gasteiger partial charge in [0, 0.05) is 41.2 Å². The molecule has 0 saturated carbocycles. The van der Waals surface area contributed by atoms with Crippen LogP contribution in [0.4, 0.5) is 0 Å². The smallest absolute Gasteiger partial charge is 0.268 e. The van der Waals surface area contributed by atoms with Crippen molar-refractivity contribution in [1.82, 2.24) is 19.8 Å². The molecule has 7 nitrogen and oxygen atoms in total. The van der Waals surface area contributed by atoms with E-state index >= 15 is 0 Å². The van der Waals surface area contributed by atoms with Crippen molar-refractivity contribution in [1.29, 1.82) is 5.26 Å². The number of carbonyl (C=O) groups excluding carboxylic acids is 1. The fourth-order valence-corrected chi connectivity index (χ4v) is 4.28. The zero-order valence-corrected chi connectivity index (χ0v) is 16.9. The summed E-state index contributed by atoms with van der Waals surface area (Å²) < 4.78 is 1.89. The van der Waals surface area contributed by atoms with Crippen molar-refractivity contribution in [2.24, 2.45) is 5.10 Å². The molecule has 0 spiro atoms. The van der Waals surface area contributed by atoms with E-state index in [1.165, 1.54) is 5.01 Å². The van der Waals surface area contributed by atoms with Crippen LogP contribution >= 0.6 is 11.3 Å². The Labute approximate surface area is 172 Å². The third kappa shape index (κ3) is 3.82. The third-order valence-electron chi connectivity index (χ3n) is 4.88. The quantitative estimate of drug-likeness (QED) is 0.582. The Bertz CT molecular complexity index is 1150. The lowest BCUT2D eigenvalue weighted by atomic mass is 10.1. The normalized spacial score (nSPS) is 15.7. The van der Waals surface area contributed by atoms with Gasteiger partial charge in [-0.25, -0.2) is 9.99 Å². The lowest BCUT2D eigenvalue weighted by Gasteiger charge is -2.21. The number of rotatable bonds is 6. The van der Waals surface area contributed by atoms with Gasteiger partial charge in [0.15, 0.2) is 0 Å². The molecule has 1 aromatic carbocycles. The standard InChI is InChI=1S/C21H20N6OS/c1-14(21(28)27-19(7-8-23-27)20-25-15(2)13-29-20)4-3-9-26-18-6-5-16(11-22)10-17(18)12-24-26/h5-6,8,10,12-13,19H,1,3-4,7,9H2,2H3. The molecule has 1 aliphatic heterocycles. The fourth-order valence-electron chi connectivity index (χ4n) is 3.39. The second kappa shape index (κ2) is 7.97. The van der Waals surface area contributed by atoms with Gasteiger partial charge in [-0.1, -0.05) is 6.58 Å². The predicted molar refractivity (Wildman–Crippen MR) is 112 cm³/mol. The number of benzene rings is 1. The lowest BCUT2D eigenvalue weighted by Crippen LogP contribution is -2.28. The van der Waals surface area contributed by atoms with Gasteiger partial charge < -0.3 is 0 Å². The molecule has 0 N–H and O–H groups in total. The third-order valence-corrected chi connectivity index (χ3v) is 5.95. The molecule has 1 amide bonds. The van der Waals surface area contributed by atoms with Gasteiger partial charge in [-0.2, -0.15) is 15.5 Å². The van der Waals surface area contributed by atoms with Gasteiger partial charge >= 0.3 is 0 Å². The van der Waals surface area contributed by atoms with E-state index in [0.29, 0.717) is 30.5 Å². The molecule has 29 heavy (non-hydrogen) atoms. The first kappa shape index (κ1) is 19.0. The molecule has 0 saturated heterocycles. The Morgan fingerprint density at radius 2 is 2.31 bits per heavy atom. The highest BCUT2D eigenvalue weighted by Crippen LogP contribution is 2.31. The van der Waals surface area contributed by atoms with E-state index in [-0.39, 0.29) is 11.9 Å². The van der Waals surface area contributed by atoms with Crippen LogP contribution in [0.3, 0.4) is 0 Å². The molecule has 146 valence electrons. The van der Waals surface area contributed by atoms with Crippen LogP contribution in [0.15, 0.2) is 47.0 Å². The molecular formula is C21H20N6OS. The number of hydrazone groups is 1. The van der Waals surface area contributed by atoms with Crippen molar-refractivity contribution >= 4 is 34.4 Å². The highest BCUT2D eigenvalue weighted by molar-refractivity contribution is 7.09. The highest BCUT2D eigenvalue weighted by atomic mass is 32.1. The lowest BCUT2D eigenvalue weighted by molar-refractivity contribution is -0.129. The molecule has 3 aromatic rings. The molecular weight excluding hydrogens is 384 g/mol. The van der Waals surface area contributed by atoms with E-state index in [0.717, 1.165) is 28.0 Å². The Kier molecular flexibility index (Phi) is 5.23. The van der Waals surface area contributed by atoms with Gasteiger partial charge in [-0.05, 0) is 38.0 Å². The molecule has 0 bridgehead atoms. The minimum absolute atomic E-state index is 0.137. The van der Waals surface area contributed by atoms with E-state index < -0.39 is 0 Å². The summed E-state index contributed by atoms with van der Waals surface area (Å²) in [5, 5.41) is 23.0. The second-order valence-electron chi connectivity index (χ2n) is 6.99. The molecule has 0 aliphatic carbocycles. The molecule has 3 heterocycles. The topological polar surface area (TPSA) is 87.2 Å². The maximum Gasteiger partial charge on any atom is 0.269 e. The summed E-state index contributed by atoms with van der Waals surface area (Å²) in [6.45, 7) is 6.60. The minimum Gasteiger partial charge on any atom is -0.268 e. The predicted octanol–water partition coefficient (Wildman–Crippen LogP) is 3.97. The first-order valence-corrected chi connectivity index (χ1v) is 10.3. The van der Waals surface area contributed by atoms with Crippen molar-refractivity contribution < 1.29 is 4.79 Å². The average Bonchev–Trinajstić information content (AvgIpc) is 3.46. The van der Waals surface area contributed by atoms with E-state index in [1.807, 2.05) is 29.1 Å². The van der Waals surface area contributed by atoms with Crippen LogP contribution in [-0.2, 0) is 11.3 Å². The SMILES string of the molecule is C=C(CCCn1ncc2cc(C#N)ccc21)C(=O)N1N=CCC1c1nc(C)cs1. The first-order valence-electron chi connectivity index (χ1n) is 9.38. The summed E-state index contributed by atoms with van der Waals surface area (Å²) in [7, 11) is 0. The summed E-state index contributed by atoms with van der Waals surface area (Å²) in [6.07, 6.45) is 5.50. The average molecular weight is 404 g/mol. The van der Waals surface area contributed by atoms with Gasteiger partial charge in [0.1, 0.15) is 11.0 Å². The number of thiazole rings is 1. The largest absolute Gasteiger partial charge is 0.269 e. The molecule has 2 aromatic heterocycles. The van der Waals surface area contributed by atoms with Crippen molar-refractivity contribution in [3.63, 3.8) is 0 Å². The van der Waals surface area contributed by atoms with Gasteiger partial charge in [-0.15, -0.1) is 11.3 Å². The number of aryl methyl sites for hydroxylation is 2. The maximum absolute atomic E-state index is 12.8.